The Morgan fingerprint density at radius 1 is 1.44 bits per heavy atom. The number of carboxylic acid groups (broad SMARTS) is 1. The molecule has 106 valence electrons. The predicted octanol–water partition coefficient (Wildman–Crippen LogP) is 0.607. The molecule has 3 N–H and O–H groups in total. The van der Waals surface area contributed by atoms with Crippen molar-refractivity contribution in [2.24, 2.45) is 0 Å². The number of rotatable bonds is 9. The smallest absolute Gasteiger partial charge is 0.326 e. The first-order chi connectivity index (χ1) is 8.56. The molecule has 0 bridgehead atoms. The van der Waals surface area contributed by atoms with Crippen molar-refractivity contribution in [1.82, 2.24) is 10.2 Å². The number of carbonyl (C=O) groups is 2. The van der Waals surface area contributed by atoms with Gasteiger partial charge in [-0.25, -0.2) is 9.59 Å². The summed E-state index contributed by atoms with van der Waals surface area (Å²) in [5.74, 6) is -0.337. The lowest BCUT2D eigenvalue weighted by Gasteiger charge is -2.23. The van der Waals surface area contributed by atoms with Crippen molar-refractivity contribution in [2.45, 2.75) is 25.8 Å². The van der Waals surface area contributed by atoms with Gasteiger partial charge in [0.25, 0.3) is 0 Å². The molecule has 0 rings (SSSR count). The van der Waals surface area contributed by atoms with Gasteiger partial charge in [-0.2, -0.15) is 11.8 Å². The topological polar surface area (TPSA) is 89.9 Å². The molecule has 0 saturated heterocycles. The van der Waals surface area contributed by atoms with E-state index in [4.69, 9.17) is 10.2 Å². The molecule has 0 aromatic heterocycles. The van der Waals surface area contributed by atoms with E-state index in [9.17, 15) is 9.59 Å². The van der Waals surface area contributed by atoms with E-state index >= 15 is 0 Å². The first-order valence-electron chi connectivity index (χ1n) is 5.94. The molecule has 0 saturated carbocycles. The second-order valence-electron chi connectivity index (χ2n) is 3.78. The Kier molecular flexibility index (Phi) is 9.49. The number of aliphatic hydroxyl groups is 1. The molecule has 0 heterocycles. The number of hydrogen-bond donors (Lipinski definition) is 3. The molecule has 18 heavy (non-hydrogen) atoms. The summed E-state index contributed by atoms with van der Waals surface area (Å²) in [4.78, 5) is 24.3. The van der Waals surface area contributed by atoms with Crippen LogP contribution < -0.4 is 5.32 Å². The number of carboxylic acids is 1. The number of aliphatic hydroxyl groups excluding tert-OH is 1. The van der Waals surface area contributed by atoms with Gasteiger partial charge in [-0.3, -0.25) is 0 Å². The van der Waals surface area contributed by atoms with E-state index in [1.54, 1.807) is 11.8 Å². The van der Waals surface area contributed by atoms with Gasteiger partial charge in [0.05, 0.1) is 0 Å². The van der Waals surface area contributed by atoms with Crippen LogP contribution in [0.5, 0.6) is 0 Å². The number of hydrogen-bond acceptors (Lipinski definition) is 4. The van der Waals surface area contributed by atoms with Gasteiger partial charge in [-0.1, -0.05) is 0 Å². The minimum absolute atomic E-state index is 0.0125. The lowest BCUT2D eigenvalue weighted by atomic mass is 10.2. The molecule has 0 spiro atoms. The summed E-state index contributed by atoms with van der Waals surface area (Å²) in [6.45, 7) is 2.74. The van der Waals surface area contributed by atoms with E-state index in [2.05, 4.69) is 5.32 Å². The molecule has 7 heteroatoms. The highest BCUT2D eigenvalue weighted by Gasteiger charge is 2.21. The Labute approximate surface area is 112 Å². The van der Waals surface area contributed by atoms with Crippen LogP contribution in [0.3, 0.4) is 0 Å². The third kappa shape index (κ3) is 6.70. The number of amides is 2. The zero-order valence-electron chi connectivity index (χ0n) is 10.9. The molecule has 6 nitrogen and oxygen atoms in total. The fraction of sp³-hybridized carbons (Fsp3) is 0.818. The van der Waals surface area contributed by atoms with Crippen molar-refractivity contribution >= 4 is 23.8 Å². The average Bonchev–Trinajstić information content (AvgIpc) is 2.34. The number of thioether (sulfide) groups is 1. The van der Waals surface area contributed by atoms with Crippen LogP contribution in [-0.2, 0) is 4.79 Å². The van der Waals surface area contributed by atoms with Crippen molar-refractivity contribution in [2.75, 3.05) is 31.7 Å². The third-order valence-electron chi connectivity index (χ3n) is 2.46. The Bertz CT molecular complexity index is 263. The maximum Gasteiger partial charge on any atom is 0.326 e. The predicted molar refractivity (Wildman–Crippen MR) is 71.9 cm³/mol. The highest BCUT2D eigenvalue weighted by Crippen LogP contribution is 2.02. The molecule has 0 radical (unpaired) electrons. The van der Waals surface area contributed by atoms with Crippen molar-refractivity contribution in [3.05, 3.63) is 0 Å². The largest absolute Gasteiger partial charge is 0.480 e. The van der Waals surface area contributed by atoms with Crippen LogP contribution in [0.15, 0.2) is 0 Å². The third-order valence-corrected chi connectivity index (χ3v) is 3.11. The van der Waals surface area contributed by atoms with Gasteiger partial charge < -0.3 is 20.4 Å². The Hall–Kier alpha value is -0.950. The van der Waals surface area contributed by atoms with Crippen LogP contribution >= 0.6 is 11.8 Å². The summed E-state index contributed by atoms with van der Waals surface area (Å²) in [5.41, 5.74) is 0. The van der Waals surface area contributed by atoms with Crippen molar-refractivity contribution in [3.8, 4) is 0 Å². The normalized spacial score (nSPS) is 11.9. The Morgan fingerprint density at radius 3 is 2.56 bits per heavy atom. The number of carbonyl (C=O) groups excluding carboxylic acids is 1. The van der Waals surface area contributed by atoms with Crippen molar-refractivity contribution < 1.29 is 19.8 Å². The molecule has 0 fully saturated rings. The first kappa shape index (κ1) is 17.1. The Balaban J connectivity index is 4.32. The van der Waals surface area contributed by atoms with Crippen molar-refractivity contribution in [1.29, 1.82) is 0 Å². The summed E-state index contributed by atoms with van der Waals surface area (Å²) >= 11 is 1.54. The monoisotopic (exact) mass is 278 g/mol. The number of nitrogens with one attached hydrogen (secondary N) is 1. The molecular weight excluding hydrogens is 256 g/mol. The van der Waals surface area contributed by atoms with Crippen LogP contribution in [0, 0.1) is 0 Å². The lowest BCUT2D eigenvalue weighted by molar-refractivity contribution is -0.139. The zero-order valence-corrected chi connectivity index (χ0v) is 11.7. The van der Waals surface area contributed by atoms with Gasteiger partial charge in [0.15, 0.2) is 0 Å². The number of aliphatic carboxylic acids is 1. The van der Waals surface area contributed by atoms with E-state index in [1.165, 1.54) is 4.90 Å². The number of nitrogens with zero attached hydrogens (tertiary/aromatic N) is 1. The van der Waals surface area contributed by atoms with Gasteiger partial charge in [-0.05, 0) is 31.8 Å². The standard InChI is InChI=1S/C11H22N2O4S/c1-3-13(6-4-7-14)11(17)12-9(10(15)16)5-8-18-2/h9,14H,3-8H2,1-2H3,(H,12,17)(H,15,16)/t9-/m1/s1. The second-order valence-corrected chi connectivity index (χ2v) is 4.76. The second kappa shape index (κ2) is 10.0. The summed E-state index contributed by atoms with van der Waals surface area (Å²) in [6, 6.07) is -1.24. The summed E-state index contributed by atoms with van der Waals surface area (Å²) in [6.07, 6.45) is 2.78. The molecule has 0 aliphatic heterocycles. The maximum absolute atomic E-state index is 11.8. The molecule has 2 amide bonds. The Morgan fingerprint density at radius 2 is 2.11 bits per heavy atom. The van der Waals surface area contributed by atoms with E-state index in [0.29, 0.717) is 31.7 Å². The fourth-order valence-corrected chi connectivity index (χ4v) is 1.87. The number of urea groups is 1. The molecule has 0 aromatic rings. The fourth-order valence-electron chi connectivity index (χ4n) is 1.40. The zero-order chi connectivity index (χ0) is 14.0. The van der Waals surface area contributed by atoms with Crippen LogP contribution in [0.25, 0.3) is 0 Å². The van der Waals surface area contributed by atoms with Crippen LogP contribution in [0.1, 0.15) is 19.8 Å². The summed E-state index contributed by atoms with van der Waals surface area (Å²) in [7, 11) is 0. The van der Waals surface area contributed by atoms with Gasteiger partial charge in [-0.15, -0.1) is 0 Å². The molecule has 0 aliphatic carbocycles. The average molecular weight is 278 g/mol. The van der Waals surface area contributed by atoms with Gasteiger partial charge >= 0.3 is 12.0 Å². The minimum atomic E-state index is -1.02. The minimum Gasteiger partial charge on any atom is -0.480 e. The maximum atomic E-state index is 11.8. The van der Waals surface area contributed by atoms with Crippen molar-refractivity contribution in [3.63, 3.8) is 0 Å². The van der Waals surface area contributed by atoms with E-state index in [-0.39, 0.29) is 12.6 Å². The molecule has 0 aromatic carbocycles. The quantitative estimate of drug-likeness (QED) is 0.575. The van der Waals surface area contributed by atoms with Gasteiger partial charge in [0.2, 0.25) is 0 Å². The van der Waals surface area contributed by atoms with Crippen LogP contribution in [0.4, 0.5) is 4.79 Å². The van der Waals surface area contributed by atoms with E-state index in [0.717, 1.165) is 0 Å². The van der Waals surface area contributed by atoms with Gasteiger partial charge in [0.1, 0.15) is 6.04 Å². The summed E-state index contributed by atoms with van der Waals surface area (Å²) in [5, 5.41) is 20.2. The molecule has 1 atom stereocenters. The van der Waals surface area contributed by atoms with Crippen LogP contribution in [-0.4, -0.2) is 64.9 Å². The highest BCUT2D eigenvalue weighted by atomic mass is 32.2. The first-order valence-corrected chi connectivity index (χ1v) is 7.34. The summed E-state index contributed by atoms with van der Waals surface area (Å²) < 4.78 is 0. The lowest BCUT2D eigenvalue weighted by Crippen LogP contribution is -2.48. The SMILES string of the molecule is CCN(CCCO)C(=O)N[C@H](CCSC)C(=O)O. The molecule has 0 unspecified atom stereocenters. The van der Waals surface area contributed by atoms with E-state index in [1.807, 2.05) is 13.2 Å². The molecular formula is C11H22N2O4S. The van der Waals surface area contributed by atoms with E-state index < -0.39 is 12.0 Å². The molecule has 0 aliphatic rings. The van der Waals surface area contributed by atoms with Crippen LogP contribution in [0.2, 0.25) is 0 Å². The highest BCUT2D eigenvalue weighted by molar-refractivity contribution is 7.98. The van der Waals surface area contributed by atoms with Gasteiger partial charge in [0, 0.05) is 19.7 Å².